The van der Waals surface area contributed by atoms with Gasteiger partial charge in [0, 0.05) is 39.8 Å². The van der Waals surface area contributed by atoms with Crippen LogP contribution >= 0.6 is 0 Å². The highest BCUT2D eigenvalue weighted by molar-refractivity contribution is 7.86. The number of benzene rings is 2. The lowest BCUT2D eigenvalue weighted by molar-refractivity contribution is 0.266. The van der Waals surface area contributed by atoms with Gasteiger partial charge in [-0.15, -0.1) is 0 Å². The van der Waals surface area contributed by atoms with Gasteiger partial charge in [-0.05, 0) is 55.8 Å². The van der Waals surface area contributed by atoms with Gasteiger partial charge in [-0.2, -0.15) is 17.0 Å². The van der Waals surface area contributed by atoms with Crippen molar-refractivity contribution in [2.75, 3.05) is 41.3 Å². The van der Waals surface area contributed by atoms with Gasteiger partial charge in [0.15, 0.2) is 0 Å². The summed E-state index contributed by atoms with van der Waals surface area (Å²) in [6.45, 7) is 1.93. The molecule has 1 aliphatic heterocycles. The average molecular weight is 442 g/mol. The molecule has 7 nitrogen and oxygen atoms in total. The number of piperidine rings is 1. The standard InChI is InChI=1S/C23H31N5O2S/c1-25(2)16-19-7-5-6-8-21(19)18-9-10-22-23(15-18)28(17-24-22)20-11-13-27(14-12-20)31(29,30)26(3)4/h5-10,15,17,20H,11-14,16H2,1-4H3. The van der Waals surface area contributed by atoms with E-state index in [9.17, 15) is 8.42 Å². The Kier molecular flexibility index (Phi) is 6.16. The van der Waals surface area contributed by atoms with Crippen molar-refractivity contribution < 1.29 is 8.42 Å². The molecule has 0 atom stereocenters. The van der Waals surface area contributed by atoms with Gasteiger partial charge in [0.05, 0.1) is 17.4 Å². The molecule has 2 aromatic carbocycles. The van der Waals surface area contributed by atoms with Gasteiger partial charge in [0.1, 0.15) is 0 Å². The van der Waals surface area contributed by atoms with Crippen LogP contribution in [0.2, 0.25) is 0 Å². The molecule has 0 unspecified atom stereocenters. The lowest BCUT2D eigenvalue weighted by atomic mass is 9.98. The van der Waals surface area contributed by atoms with E-state index < -0.39 is 10.2 Å². The van der Waals surface area contributed by atoms with Crippen LogP contribution in [-0.4, -0.2) is 72.8 Å². The SMILES string of the molecule is CN(C)Cc1ccccc1-c1ccc2ncn(C3CCN(S(=O)(=O)N(C)C)CC3)c2c1. The van der Waals surface area contributed by atoms with E-state index in [1.54, 1.807) is 18.4 Å². The Morgan fingerprint density at radius 3 is 2.42 bits per heavy atom. The van der Waals surface area contributed by atoms with Gasteiger partial charge in [0.2, 0.25) is 0 Å². The summed E-state index contributed by atoms with van der Waals surface area (Å²) in [6, 6.07) is 15.2. The molecule has 4 rings (SSSR count). The lowest BCUT2D eigenvalue weighted by Crippen LogP contribution is -2.44. The first kappa shape index (κ1) is 22.0. The van der Waals surface area contributed by atoms with Crippen LogP contribution in [0.4, 0.5) is 0 Å². The third-order valence-corrected chi connectivity index (χ3v) is 7.93. The number of hydrogen-bond acceptors (Lipinski definition) is 4. The predicted octanol–water partition coefficient (Wildman–Crippen LogP) is 3.21. The zero-order valence-electron chi connectivity index (χ0n) is 18.7. The quantitative estimate of drug-likeness (QED) is 0.589. The fourth-order valence-electron chi connectivity index (χ4n) is 4.35. The highest BCUT2D eigenvalue weighted by Gasteiger charge is 2.30. The minimum atomic E-state index is -3.35. The molecule has 0 amide bonds. The molecule has 8 heteroatoms. The van der Waals surface area contributed by atoms with E-state index in [1.807, 2.05) is 6.33 Å². The average Bonchev–Trinajstić information content (AvgIpc) is 3.17. The molecule has 2 heterocycles. The Morgan fingerprint density at radius 1 is 1.03 bits per heavy atom. The molecule has 3 aromatic rings. The first-order valence-corrected chi connectivity index (χ1v) is 12.0. The van der Waals surface area contributed by atoms with Crippen molar-refractivity contribution >= 4 is 21.2 Å². The molecule has 0 bridgehead atoms. The van der Waals surface area contributed by atoms with Crippen molar-refractivity contribution in [3.8, 4) is 11.1 Å². The molecule has 31 heavy (non-hydrogen) atoms. The third kappa shape index (κ3) is 4.39. The van der Waals surface area contributed by atoms with E-state index in [2.05, 4.69) is 71.0 Å². The zero-order valence-corrected chi connectivity index (χ0v) is 19.5. The number of nitrogens with zero attached hydrogens (tertiary/aromatic N) is 5. The lowest BCUT2D eigenvalue weighted by Gasteiger charge is -2.33. The molecule has 1 saturated heterocycles. The van der Waals surface area contributed by atoms with Crippen molar-refractivity contribution in [2.45, 2.75) is 25.4 Å². The van der Waals surface area contributed by atoms with Crippen LogP contribution in [0.3, 0.4) is 0 Å². The molecule has 0 saturated carbocycles. The van der Waals surface area contributed by atoms with E-state index in [1.165, 1.54) is 21.0 Å². The van der Waals surface area contributed by atoms with E-state index in [4.69, 9.17) is 0 Å². The molecule has 0 N–H and O–H groups in total. The van der Waals surface area contributed by atoms with Crippen molar-refractivity contribution in [1.82, 2.24) is 23.1 Å². The summed E-state index contributed by atoms with van der Waals surface area (Å²) in [6.07, 6.45) is 3.46. The summed E-state index contributed by atoms with van der Waals surface area (Å²) < 4.78 is 30.0. The largest absolute Gasteiger partial charge is 0.327 e. The maximum atomic E-state index is 12.4. The highest BCUT2D eigenvalue weighted by Crippen LogP contribution is 2.32. The summed E-state index contributed by atoms with van der Waals surface area (Å²) >= 11 is 0. The van der Waals surface area contributed by atoms with Crippen molar-refractivity contribution in [3.63, 3.8) is 0 Å². The molecule has 1 aliphatic rings. The third-order valence-electron chi connectivity index (χ3n) is 5.99. The van der Waals surface area contributed by atoms with Gasteiger partial charge in [-0.3, -0.25) is 0 Å². The van der Waals surface area contributed by atoms with E-state index in [-0.39, 0.29) is 6.04 Å². The number of imidazole rings is 1. The van der Waals surface area contributed by atoms with Crippen LogP contribution in [0.25, 0.3) is 22.2 Å². The fraction of sp³-hybridized carbons (Fsp3) is 0.435. The summed E-state index contributed by atoms with van der Waals surface area (Å²) in [5.74, 6) is 0. The van der Waals surface area contributed by atoms with E-state index in [0.717, 1.165) is 30.4 Å². The van der Waals surface area contributed by atoms with E-state index in [0.29, 0.717) is 13.1 Å². The van der Waals surface area contributed by atoms with Crippen LogP contribution in [0.5, 0.6) is 0 Å². The number of aromatic nitrogens is 2. The predicted molar refractivity (Wildman–Crippen MR) is 125 cm³/mol. The Morgan fingerprint density at radius 2 is 1.74 bits per heavy atom. The second-order valence-corrected chi connectivity index (χ2v) is 10.8. The number of hydrogen-bond donors (Lipinski definition) is 0. The van der Waals surface area contributed by atoms with Gasteiger partial charge in [-0.25, -0.2) is 4.98 Å². The van der Waals surface area contributed by atoms with Crippen molar-refractivity contribution in [3.05, 3.63) is 54.4 Å². The topological polar surface area (TPSA) is 61.7 Å². The maximum Gasteiger partial charge on any atom is 0.281 e. The molecule has 1 aromatic heterocycles. The van der Waals surface area contributed by atoms with Crippen LogP contribution in [0.15, 0.2) is 48.8 Å². The van der Waals surface area contributed by atoms with Gasteiger partial charge in [0.25, 0.3) is 10.2 Å². The summed E-state index contributed by atoms with van der Waals surface area (Å²) in [4.78, 5) is 6.79. The van der Waals surface area contributed by atoms with Crippen molar-refractivity contribution in [1.29, 1.82) is 0 Å². The molecule has 166 valence electrons. The number of rotatable bonds is 6. The van der Waals surface area contributed by atoms with Crippen LogP contribution < -0.4 is 0 Å². The smallest absolute Gasteiger partial charge is 0.281 e. The Labute approximate surface area is 185 Å². The normalized spacial score (nSPS) is 16.6. The molecular weight excluding hydrogens is 410 g/mol. The minimum Gasteiger partial charge on any atom is -0.327 e. The van der Waals surface area contributed by atoms with Crippen LogP contribution in [0, 0.1) is 0 Å². The van der Waals surface area contributed by atoms with Gasteiger partial charge >= 0.3 is 0 Å². The number of fused-ring (bicyclic) bond motifs is 1. The molecule has 0 radical (unpaired) electrons. The molecule has 0 spiro atoms. The highest BCUT2D eigenvalue weighted by atomic mass is 32.2. The Balaban J connectivity index is 1.62. The summed E-state index contributed by atoms with van der Waals surface area (Å²) in [5, 5.41) is 0. The minimum absolute atomic E-state index is 0.242. The van der Waals surface area contributed by atoms with Gasteiger partial charge < -0.3 is 9.47 Å². The fourth-order valence-corrected chi connectivity index (χ4v) is 5.48. The summed E-state index contributed by atoms with van der Waals surface area (Å²) in [5.41, 5.74) is 5.78. The monoisotopic (exact) mass is 441 g/mol. The van der Waals surface area contributed by atoms with Crippen LogP contribution in [0.1, 0.15) is 24.4 Å². The molecular formula is C23H31N5O2S. The maximum absolute atomic E-state index is 12.4. The first-order chi connectivity index (χ1) is 14.8. The first-order valence-electron chi connectivity index (χ1n) is 10.6. The van der Waals surface area contributed by atoms with E-state index >= 15 is 0 Å². The second kappa shape index (κ2) is 8.70. The second-order valence-electron chi connectivity index (χ2n) is 8.67. The molecule has 0 aliphatic carbocycles. The van der Waals surface area contributed by atoms with Crippen molar-refractivity contribution in [2.24, 2.45) is 0 Å². The Bertz CT molecular complexity index is 1160. The molecule has 1 fully saturated rings. The Hall–Kier alpha value is -2.26. The van der Waals surface area contributed by atoms with Gasteiger partial charge in [-0.1, -0.05) is 30.3 Å². The van der Waals surface area contributed by atoms with Crippen LogP contribution in [-0.2, 0) is 16.8 Å². The zero-order chi connectivity index (χ0) is 22.2. The summed E-state index contributed by atoms with van der Waals surface area (Å²) in [7, 11) is 3.98.